The summed E-state index contributed by atoms with van der Waals surface area (Å²) in [5, 5.41) is 8.23. The van der Waals surface area contributed by atoms with Crippen LogP contribution in [0.4, 0.5) is 0 Å². The fourth-order valence-electron chi connectivity index (χ4n) is 2.09. The number of nitrogens with zero attached hydrogens (tertiary/aromatic N) is 2. The number of aromatic nitrogens is 2. The normalized spacial score (nSPS) is 10.5. The molecule has 7 heteroatoms. The Balaban J connectivity index is 1.60. The molecular formula is C18H16N2O4S. The lowest BCUT2D eigenvalue weighted by atomic mass is 10.2. The maximum absolute atomic E-state index is 11.9. The molecule has 3 rings (SSSR count). The topological polar surface area (TPSA) is 74.5 Å². The molecule has 0 fully saturated rings. The van der Waals surface area contributed by atoms with Gasteiger partial charge in [-0.15, -0.1) is 10.2 Å². The zero-order chi connectivity index (χ0) is 17.6. The fraction of sp³-hybridized carbons (Fsp3) is 0.167. The number of hydrogen-bond acceptors (Lipinski definition) is 7. The molecule has 1 heterocycles. The Morgan fingerprint density at radius 1 is 1.12 bits per heavy atom. The first-order valence-electron chi connectivity index (χ1n) is 7.53. The van der Waals surface area contributed by atoms with Crippen molar-refractivity contribution >= 4 is 17.7 Å². The smallest absolute Gasteiger partial charge is 0.321 e. The lowest BCUT2D eigenvalue weighted by molar-refractivity contribution is -0.131. The molecule has 1 aromatic heterocycles. The van der Waals surface area contributed by atoms with Crippen molar-refractivity contribution in [1.29, 1.82) is 0 Å². The maximum Gasteiger partial charge on any atom is 0.321 e. The predicted molar refractivity (Wildman–Crippen MR) is 93.8 cm³/mol. The molecular weight excluding hydrogens is 340 g/mol. The van der Waals surface area contributed by atoms with Crippen LogP contribution in [0.3, 0.4) is 0 Å². The summed E-state index contributed by atoms with van der Waals surface area (Å²) in [5.74, 6) is 1.18. The molecule has 6 nitrogen and oxygen atoms in total. The summed E-state index contributed by atoms with van der Waals surface area (Å²) >= 11 is 1.12. The number of carbonyl (C=O) groups is 1. The number of para-hydroxylation sites is 1. The van der Waals surface area contributed by atoms with E-state index in [0.29, 0.717) is 28.2 Å². The van der Waals surface area contributed by atoms with Crippen LogP contribution >= 0.6 is 11.8 Å². The van der Waals surface area contributed by atoms with Gasteiger partial charge < -0.3 is 13.9 Å². The first-order chi connectivity index (χ1) is 12.2. The van der Waals surface area contributed by atoms with E-state index in [1.807, 2.05) is 43.3 Å². The first kappa shape index (κ1) is 17.0. The van der Waals surface area contributed by atoms with E-state index in [4.69, 9.17) is 13.9 Å². The van der Waals surface area contributed by atoms with E-state index in [2.05, 4.69) is 10.2 Å². The summed E-state index contributed by atoms with van der Waals surface area (Å²) in [4.78, 5) is 11.9. The van der Waals surface area contributed by atoms with Gasteiger partial charge in [0.15, 0.2) is 0 Å². The van der Waals surface area contributed by atoms with Gasteiger partial charge in [-0.05, 0) is 31.2 Å². The number of benzene rings is 2. The molecule has 0 spiro atoms. The molecule has 0 saturated carbocycles. The third kappa shape index (κ3) is 4.39. The molecule has 0 aliphatic rings. The third-order valence-corrected chi connectivity index (χ3v) is 4.10. The summed E-state index contributed by atoms with van der Waals surface area (Å²) in [5.41, 5.74) is 1.80. The molecule has 0 saturated heterocycles. The van der Waals surface area contributed by atoms with Crippen molar-refractivity contribution in [2.45, 2.75) is 12.1 Å². The van der Waals surface area contributed by atoms with Crippen molar-refractivity contribution in [3.63, 3.8) is 0 Å². The van der Waals surface area contributed by atoms with Crippen molar-refractivity contribution in [2.24, 2.45) is 0 Å². The first-order valence-corrected chi connectivity index (χ1v) is 8.51. The van der Waals surface area contributed by atoms with Crippen molar-refractivity contribution < 1.29 is 18.7 Å². The highest BCUT2D eigenvalue weighted by Crippen LogP contribution is 2.30. The molecule has 2 aromatic carbocycles. The molecule has 0 N–H and O–H groups in total. The van der Waals surface area contributed by atoms with Crippen LogP contribution in [0.25, 0.3) is 11.5 Å². The van der Waals surface area contributed by atoms with Crippen molar-refractivity contribution in [2.75, 3.05) is 12.9 Å². The summed E-state index contributed by atoms with van der Waals surface area (Å²) in [7, 11) is 1.58. The number of aryl methyl sites for hydroxylation is 1. The van der Waals surface area contributed by atoms with Gasteiger partial charge in [-0.2, -0.15) is 0 Å². The van der Waals surface area contributed by atoms with E-state index in [9.17, 15) is 4.79 Å². The number of ether oxygens (including phenoxy) is 2. The largest absolute Gasteiger partial charge is 0.496 e. The average molecular weight is 356 g/mol. The third-order valence-electron chi connectivity index (χ3n) is 3.31. The zero-order valence-corrected chi connectivity index (χ0v) is 14.6. The minimum atomic E-state index is -0.383. The molecule has 0 unspecified atom stereocenters. The average Bonchev–Trinajstić information content (AvgIpc) is 3.11. The highest BCUT2D eigenvalue weighted by Gasteiger charge is 2.15. The number of thioether (sulfide) groups is 1. The zero-order valence-electron chi connectivity index (χ0n) is 13.8. The van der Waals surface area contributed by atoms with Crippen LogP contribution in [0.2, 0.25) is 0 Å². The van der Waals surface area contributed by atoms with Gasteiger partial charge in [0.25, 0.3) is 11.1 Å². The summed E-state index contributed by atoms with van der Waals surface area (Å²) in [6, 6.07) is 14.6. The van der Waals surface area contributed by atoms with Gasteiger partial charge in [0.2, 0.25) is 0 Å². The van der Waals surface area contributed by atoms with Crippen LogP contribution in [-0.4, -0.2) is 29.0 Å². The van der Waals surface area contributed by atoms with Crippen molar-refractivity contribution in [3.8, 4) is 23.0 Å². The Morgan fingerprint density at radius 3 is 2.64 bits per heavy atom. The monoisotopic (exact) mass is 356 g/mol. The van der Waals surface area contributed by atoms with E-state index in [1.54, 1.807) is 19.2 Å². The van der Waals surface area contributed by atoms with Crippen molar-refractivity contribution in [3.05, 3.63) is 54.1 Å². The highest BCUT2D eigenvalue weighted by atomic mass is 32.2. The van der Waals surface area contributed by atoms with E-state index >= 15 is 0 Å². The highest BCUT2D eigenvalue weighted by molar-refractivity contribution is 7.99. The van der Waals surface area contributed by atoms with Gasteiger partial charge in [0, 0.05) is 0 Å². The molecule has 0 radical (unpaired) electrons. The second kappa shape index (κ2) is 7.85. The molecule has 25 heavy (non-hydrogen) atoms. The van der Waals surface area contributed by atoms with Gasteiger partial charge >= 0.3 is 5.97 Å². The van der Waals surface area contributed by atoms with Gasteiger partial charge in [0.05, 0.1) is 12.7 Å². The fourth-order valence-corrected chi connectivity index (χ4v) is 2.62. The maximum atomic E-state index is 11.9. The van der Waals surface area contributed by atoms with Crippen molar-refractivity contribution in [1.82, 2.24) is 10.2 Å². The quantitative estimate of drug-likeness (QED) is 0.378. The number of hydrogen-bond donors (Lipinski definition) is 0. The van der Waals surface area contributed by atoms with Gasteiger partial charge in [-0.25, -0.2) is 0 Å². The Labute approximate surface area is 149 Å². The van der Waals surface area contributed by atoms with E-state index < -0.39 is 0 Å². The Hall–Kier alpha value is -2.80. The van der Waals surface area contributed by atoms with Crippen LogP contribution in [0.5, 0.6) is 11.5 Å². The van der Waals surface area contributed by atoms with E-state index in [0.717, 1.165) is 17.3 Å². The molecule has 3 aromatic rings. The Morgan fingerprint density at radius 2 is 1.88 bits per heavy atom. The minimum Gasteiger partial charge on any atom is -0.496 e. The Kier molecular flexibility index (Phi) is 5.35. The molecule has 128 valence electrons. The van der Waals surface area contributed by atoms with Crippen LogP contribution in [0.15, 0.2) is 58.2 Å². The van der Waals surface area contributed by atoms with Crippen LogP contribution in [-0.2, 0) is 4.79 Å². The predicted octanol–water partition coefficient (Wildman–Crippen LogP) is 3.75. The van der Waals surface area contributed by atoms with Gasteiger partial charge in [-0.1, -0.05) is 41.6 Å². The van der Waals surface area contributed by atoms with Gasteiger partial charge in [-0.3, -0.25) is 4.79 Å². The lowest BCUT2D eigenvalue weighted by Gasteiger charge is -2.03. The number of rotatable bonds is 6. The molecule has 0 amide bonds. The van der Waals surface area contributed by atoms with E-state index in [1.165, 1.54) is 0 Å². The standard InChI is InChI=1S/C18H16N2O4S/c1-12-7-9-13(10-8-12)23-16(21)11-25-18-20-19-17(24-18)14-5-3-4-6-15(14)22-2/h3-10H,11H2,1-2H3. The molecule has 0 aliphatic carbocycles. The van der Waals surface area contributed by atoms with E-state index in [-0.39, 0.29) is 11.7 Å². The number of methoxy groups -OCH3 is 1. The summed E-state index contributed by atoms with van der Waals surface area (Å²) in [6.07, 6.45) is 0. The molecule has 0 atom stereocenters. The summed E-state index contributed by atoms with van der Waals surface area (Å²) in [6.45, 7) is 1.97. The Bertz CT molecular complexity index is 862. The van der Waals surface area contributed by atoms with Gasteiger partial charge in [0.1, 0.15) is 17.3 Å². The SMILES string of the molecule is COc1ccccc1-c1nnc(SCC(=O)Oc2ccc(C)cc2)o1. The summed E-state index contributed by atoms with van der Waals surface area (Å²) < 4.78 is 16.1. The van der Waals surface area contributed by atoms with Crippen LogP contribution in [0.1, 0.15) is 5.56 Å². The molecule has 0 bridgehead atoms. The lowest BCUT2D eigenvalue weighted by Crippen LogP contribution is -2.10. The number of esters is 1. The minimum absolute atomic E-state index is 0.0709. The second-order valence-electron chi connectivity index (χ2n) is 5.15. The van der Waals surface area contributed by atoms with Crippen LogP contribution in [0, 0.1) is 6.92 Å². The second-order valence-corrected chi connectivity index (χ2v) is 6.08. The molecule has 0 aliphatic heterocycles. The van der Waals surface area contributed by atoms with Crippen LogP contribution < -0.4 is 9.47 Å². The number of carbonyl (C=O) groups excluding carboxylic acids is 1.